The molecule has 2 amide bonds. The molecular formula is C14H16N4O4S. The molecule has 2 aliphatic heterocycles. The highest BCUT2D eigenvalue weighted by Crippen LogP contribution is 2.25. The number of aromatic nitrogens is 1. The zero-order valence-corrected chi connectivity index (χ0v) is 13.3. The Bertz CT molecular complexity index is 775. The number of hydrazone groups is 1. The molecule has 0 saturated carbocycles. The number of anilines is 1. The quantitative estimate of drug-likeness (QED) is 0.784. The van der Waals surface area contributed by atoms with Crippen LogP contribution in [0.2, 0.25) is 0 Å². The molecule has 0 aliphatic carbocycles. The Morgan fingerprint density at radius 1 is 1.39 bits per heavy atom. The van der Waals surface area contributed by atoms with E-state index >= 15 is 0 Å². The summed E-state index contributed by atoms with van der Waals surface area (Å²) in [5.74, 6) is -1.76. The van der Waals surface area contributed by atoms with Crippen LogP contribution in [0.1, 0.15) is 13.3 Å². The standard InChI is InChI=1S/C14H16N4O4S/c1-9-12(13(19)16-11-4-2-3-6-15-11)14(20)18(17-9)10-5-7-23(21,22)8-10/h2-4,6,10,12H,5,7-8H2,1H3,(H,15,16,19)/t10-,12+/m0/s1. The molecule has 0 bridgehead atoms. The number of nitrogens with one attached hydrogen (secondary N) is 1. The average Bonchev–Trinajstić information content (AvgIpc) is 2.99. The summed E-state index contributed by atoms with van der Waals surface area (Å²) in [6.07, 6.45) is 1.88. The van der Waals surface area contributed by atoms with Crippen LogP contribution in [0.25, 0.3) is 0 Å². The van der Waals surface area contributed by atoms with E-state index < -0.39 is 33.6 Å². The third-order valence-corrected chi connectivity index (χ3v) is 5.64. The second-order valence-corrected chi connectivity index (χ2v) is 7.85. The maximum Gasteiger partial charge on any atom is 0.261 e. The van der Waals surface area contributed by atoms with Crippen molar-refractivity contribution in [3.63, 3.8) is 0 Å². The van der Waals surface area contributed by atoms with E-state index in [2.05, 4.69) is 15.4 Å². The Hall–Kier alpha value is -2.29. The average molecular weight is 336 g/mol. The number of hydrogen-bond donors (Lipinski definition) is 1. The molecule has 8 nitrogen and oxygen atoms in total. The summed E-state index contributed by atoms with van der Waals surface area (Å²) in [7, 11) is -3.13. The lowest BCUT2D eigenvalue weighted by Crippen LogP contribution is -2.40. The molecule has 1 aromatic heterocycles. The van der Waals surface area contributed by atoms with Crippen molar-refractivity contribution < 1.29 is 18.0 Å². The topological polar surface area (TPSA) is 109 Å². The van der Waals surface area contributed by atoms with E-state index in [9.17, 15) is 18.0 Å². The van der Waals surface area contributed by atoms with Gasteiger partial charge in [0, 0.05) is 6.20 Å². The first-order valence-electron chi connectivity index (χ1n) is 7.18. The van der Waals surface area contributed by atoms with E-state index in [0.717, 1.165) is 5.01 Å². The minimum Gasteiger partial charge on any atom is -0.310 e. The molecular weight excluding hydrogens is 320 g/mol. The SMILES string of the molecule is CC1=NN([C@H]2CCS(=O)(=O)C2)C(=O)[C@H]1C(=O)Nc1ccccn1. The van der Waals surface area contributed by atoms with E-state index in [4.69, 9.17) is 0 Å². The van der Waals surface area contributed by atoms with E-state index in [1.54, 1.807) is 25.1 Å². The summed E-state index contributed by atoms with van der Waals surface area (Å²) in [6.45, 7) is 1.59. The highest BCUT2D eigenvalue weighted by atomic mass is 32.2. The first-order valence-corrected chi connectivity index (χ1v) is 9.00. The first kappa shape index (κ1) is 15.6. The first-order chi connectivity index (χ1) is 10.9. The van der Waals surface area contributed by atoms with Gasteiger partial charge in [-0.15, -0.1) is 0 Å². The number of hydrogen-bond acceptors (Lipinski definition) is 6. The lowest BCUT2D eigenvalue weighted by molar-refractivity contribution is -0.137. The molecule has 1 fully saturated rings. The molecule has 2 atom stereocenters. The third-order valence-electron chi connectivity index (χ3n) is 3.89. The van der Waals surface area contributed by atoms with Gasteiger partial charge in [0.15, 0.2) is 15.8 Å². The number of nitrogens with zero attached hydrogens (tertiary/aromatic N) is 3. The molecule has 3 heterocycles. The smallest absolute Gasteiger partial charge is 0.261 e. The van der Waals surface area contributed by atoms with Gasteiger partial charge in [0.25, 0.3) is 5.91 Å². The van der Waals surface area contributed by atoms with Crippen LogP contribution < -0.4 is 5.32 Å². The number of carbonyl (C=O) groups is 2. The largest absolute Gasteiger partial charge is 0.310 e. The Labute approximate surface area is 133 Å². The molecule has 1 saturated heterocycles. The maximum absolute atomic E-state index is 12.5. The molecule has 0 radical (unpaired) electrons. The van der Waals surface area contributed by atoms with Crippen molar-refractivity contribution in [1.29, 1.82) is 0 Å². The van der Waals surface area contributed by atoms with Crippen LogP contribution in [0.15, 0.2) is 29.5 Å². The minimum atomic E-state index is -3.13. The van der Waals surface area contributed by atoms with Crippen molar-refractivity contribution in [3.05, 3.63) is 24.4 Å². The fourth-order valence-electron chi connectivity index (χ4n) is 2.75. The maximum atomic E-state index is 12.5. The monoisotopic (exact) mass is 336 g/mol. The van der Waals surface area contributed by atoms with E-state index in [0.29, 0.717) is 18.0 Å². The number of rotatable bonds is 3. The number of sulfone groups is 1. The van der Waals surface area contributed by atoms with E-state index in [1.165, 1.54) is 6.20 Å². The van der Waals surface area contributed by atoms with Gasteiger partial charge in [-0.2, -0.15) is 5.10 Å². The van der Waals surface area contributed by atoms with Gasteiger partial charge in [-0.05, 0) is 25.5 Å². The van der Waals surface area contributed by atoms with Gasteiger partial charge in [-0.1, -0.05) is 6.07 Å². The van der Waals surface area contributed by atoms with E-state index in [1.807, 2.05) is 0 Å². The Kier molecular flexibility index (Phi) is 3.88. The molecule has 3 rings (SSSR count). The van der Waals surface area contributed by atoms with Gasteiger partial charge in [-0.3, -0.25) is 9.59 Å². The zero-order valence-electron chi connectivity index (χ0n) is 12.5. The van der Waals surface area contributed by atoms with Crippen LogP contribution in [-0.4, -0.2) is 53.5 Å². The molecule has 1 aromatic rings. The highest BCUT2D eigenvalue weighted by Gasteiger charge is 2.44. The van der Waals surface area contributed by atoms with Gasteiger partial charge in [0.2, 0.25) is 5.91 Å². The molecule has 2 aliphatic rings. The summed E-state index contributed by atoms with van der Waals surface area (Å²) < 4.78 is 23.1. The molecule has 1 N–H and O–H groups in total. The molecule has 0 spiro atoms. The van der Waals surface area contributed by atoms with Gasteiger partial charge >= 0.3 is 0 Å². The fraction of sp³-hybridized carbons (Fsp3) is 0.429. The Morgan fingerprint density at radius 2 is 2.17 bits per heavy atom. The zero-order chi connectivity index (χ0) is 16.6. The third kappa shape index (κ3) is 3.09. The van der Waals surface area contributed by atoms with Gasteiger partial charge in [0.05, 0.1) is 23.3 Å². The summed E-state index contributed by atoms with van der Waals surface area (Å²) in [6, 6.07) is 4.56. The minimum absolute atomic E-state index is 0.0425. The van der Waals surface area contributed by atoms with Crippen LogP contribution in [0.4, 0.5) is 5.82 Å². The van der Waals surface area contributed by atoms with Crippen molar-refractivity contribution in [2.45, 2.75) is 19.4 Å². The second kappa shape index (κ2) is 5.73. The summed E-state index contributed by atoms with van der Waals surface area (Å²) >= 11 is 0. The predicted octanol–water partition coefficient (Wildman–Crippen LogP) is 0.0415. The van der Waals surface area contributed by atoms with Crippen LogP contribution in [-0.2, 0) is 19.4 Å². The van der Waals surface area contributed by atoms with Crippen LogP contribution in [0, 0.1) is 5.92 Å². The van der Waals surface area contributed by atoms with Gasteiger partial charge < -0.3 is 5.32 Å². The molecule has 122 valence electrons. The Balaban J connectivity index is 1.74. The number of carbonyl (C=O) groups excluding carboxylic acids is 2. The normalized spacial score (nSPS) is 26.2. The van der Waals surface area contributed by atoms with Crippen LogP contribution in [0.3, 0.4) is 0 Å². The summed E-state index contributed by atoms with van der Waals surface area (Å²) in [4.78, 5) is 28.8. The lowest BCUT2D eigenvalue weighted by Gasteiger charge is -2.19. The highest BCUT2D eigenvalue weighted by molar-refractivity contribution is 7.91. The number of amides is 2. The van der Waals surface area contributed by atoms with Crippen molar-refractivity contribution in [2.24, 2.45) is 11.0 Å². The van der Waals surface area contributed by atoms with Crippen molar-refractivity contribution >= 4 is 33.2 Å². The molecule has 0 unspecified atom stereocenters. The van der Waals surface area contributed by atoms with Gasteiger partial charge in [-0.25, -0.2) is 18.4 Å². The fourth-order valence-corrected chi connectivity index (χ4v) is 4.45. The van der Waals surface area contributed by atoms with E-state index in [-0.39, 0.29) is 11.5 Å². The lowest BCUT2D eigenvalue weighted by atomic mass is 10.0. The molecule has 9 heteroatoms. The molecule has 0 aromatic carbocycles. The summed E-state index contributed by atoms with van der Waals surface area (Å²) in [5, 5.41) is 7.85. The molecule has 23 heavy (non-hydrogen) atoms. The summed E-state index contributed by atoms with van der Waals surface area (Å²) in [5.41, 5.74) is 0.354. The second-order valence-electron chi connectivity index (χ2n) is 5.62. The predicted molar refractivity (Wildman–Crippen MR) is 83.4 cm³/mol. The van der Waals surface area contributed by atoms with Gasteiger partial charge in [0.1, 0.15) is 5.82 Å². The van der Waals surface area contributed by atoms with Crippen molar-refractivity contribution in [2.75, 3.05) is 16.8 Å². The number of pyridine rings is 1. The van der Waals surface area contributed by atoms with Crippen LogP contribution in [0.5, 0.6) is 0 Å². The Morgan fingerprint density at radius 3 is 2.78 bits per heavy atom. The van der Waals surface area contributed by atoms with Crippen molar-refractivity contribution in [1.82, 2.24) is 9.99 Å². The van der Waals surface area contributed by atoms with Crippen molar-refractivity contribution in [3.8, 4) is 0 Å². The van der Waals surface area contributed by atoms with Crippen LogP contribution >= 0.6 is 0 Å².